The number of anilines is 1. The molecule has 4 heterocycles. The lowest BCUT2D eigenvalue weighted by Crippen LogP contribution is -2.53. The van der Waals surface area contributed by atoms with Crippen LogP contribution in [0.1, 0.15) is 56.8 Å². The Morgan fingerprint density at radius 1 is 1.09 bits per heavy atom. The predicted octanol–water partition coefficient (Wildman–Crippen LogP) is 6.47. The van der Waals surface area contributed by atoms with Crippen LogP contribution in [0.5, 0.6) is 0 Å². The predicted molar refractivity (Wildman–Crippen MR) is 161 cm³/mol. The van der Waals surface area contributed by atoms with Crippen LogP contribution in [0.2, 0.25) is 10.0 Å². The number of hydrogen-bond donors (Lipinski definition) is 2. The third kappa shape index (κ3) is 7.80. The van der Waals surface area contributed by atoms with Crippen LogP contribution in [0.15, 0.2) is 24.4 Å². The highest BCUT2D eigenvalue weighted by Crippen LogP contribution is 2.36. The molecule has 2 aromatic heterocycles. The van der Waals surface area contributed by atoms with Gasteiger partial charge >= 0.3 is 24.0 Å². The van der Waals surface area contributed by atoms with Gasteiger partial charge in [-0.05, 0) is 63.3 Å². The van der Waals surface area contributed by atoms with Gasteiger partial charge in [0.05, 0.1) is 17.9 Å². The lowest BCUT2D eigenvalue weighted by Gasteiger charge is -2.44. The first-order valence-electron chi connectivity index (χ1n) is 14.5. The molecular weight excluding hydrogens is 662 g/mol. The smallest absolute Gasteiger partial charge is 0.477 e. The highest BCUT2D eigenvalue weighted by Gasteiger charge is 2.46. The van der Waals surface area contributed by atoms with Crippen molar-refractivity contribution in [2.75, 3.05) is 24.5 Å². The van der Waals surface area contributed by atoms with Crippen molar-refractivity contribution >= 4 is 52.1 Å². The summed E-state index contributed by atoms with van der Waals surface area (Å²) in [6.07, 6.45) is -1.80. The molecule has 2 fully saturated rings. The summed E-state index contributed by atoms with van der Waals surface area (Å²) in [6, 6.07) is 4.88. The van der Waals surface area contributed by atoms with Crippen LogP contribution >= 0.6 is 23.2 Å². The zero-order valence-corrected chi connectivity index (χ0v) is 26.6. The van der Waals surface area contributed by atoms with Gasteiger partial charge in [-0.3, -0.25) is 4.90 Å². The van der Waals surface area contributed by atoms with Crippen molar-refractivity contribution < 1.29 is 41.8 Å². The molecule has 1 aromatic carbocycles. The minimum Gasteiger partial charge on any atom is -0.477 e. The Kier molecular flexibility index (Phi) is 10.7. The maximum Gasteiger partial charge on any atom is 0.490 e. The number of carbonyl (C=O) groups is 2. The summed E-state index contributed by atoms with van der Waals surface area (Å²) in [6.45, 7) is 8.12. The number of alkyl halides is 5. The van der Waals surface area contributed by atoms with Gasteiger partial charge in [0.1, 0.15) is 11.3 Å². The number of benzene rings is 1. The Morgan fingerprint density at radius 3 is 2.35 bits per heavy atom. The first-order valence-corrected chi connectivity index (χ1v) is 15.2. The third-order valence-corrected chi connectivity index (χ3v) is 8.98. The van der Waals surface area contributed by atoms with Gasteiger partial charge in [-0.15, -0.1) is 0 Å². The topological polar surface area (TPSA) is 125 Å². The minimum absolute atomic E-state index is 0.106. The molecule has 0 saturated carbocycles. The van der Waals surface area contributed by atoms with Crippen LogP contribution in [0.4, 0.5) is 27.8 Å². The molecule has 252 valence electrons. The summed E-state index contributed by atoms with van der Waals surface area (Å²) in [7, 11) is 0. The fourth-order valence-corrected chi connectivity index (χ4v) is 6.73. The van der Waals surface area contributed by atoms with E-state index in [1.54, 1.807) is 18.3 Å². The van der Waals surface area contributed by atoms with Gasteiger partial charge in [-0.1, -0.05) is 36.2 Å². The van der Waals surface area contributed by atoms with E-state index in [1.165, 1.54) is 0 Å². The number of rotatable bonds is 7. The average Bonchev–Trinajstić information content (AvgIpc) is 3.55. The van der Waals surface area contributed by atoms with Gasteiger partial charge < -0.3 is 15.1 Å². The van der Waals surface area contributed by atoms with E-state index in [0.29, 0.717) is 41.7 Å². The molecule has 2 N–H and O–H groups in total. The Labute approximate surface area is 271 Å². The number of aromatic nitrogens is 4. The van der Waals surface area contributed by atoms with E-state index in [9.17, 15) is 26.7 Å². The molecule has 17 heteroatoms. The van der Waals surface area contributed by atoms with Gasteiger partial charge in [0.25, 0.3) is 0 Å². The highest BCUT2D eigenvalue weighted by molar-refractivity contribution is 6.35. The standard InChI is InChI=1S/C27H32Cl2F2N6O2.C2HF3O2/c1-15-14-35(10-8-22(15)36-9-4-5-19(36)12-27(30,31)26(38)39)23-13-32-24-16(2)34-37(25(24)33-23)17(3)20-7-6-18(28)11-21(20)29;3-2(4,5)1(6)7/h6-7,11,13,15,17,19,22H,4-5,8-10,12,14H2,1-3H3,(H,38,39);(H,6,7)/t15?,17-,19+,22?;/m1./s1. The monoisotopic (exact) mass is 694 g/mol. The minimum atomic E-state index is -5.08. The Balaban J connectivity index is 0.000000617. The molecule has 2 unspecified atom stereocenters. The number of carboxylic acids is 2. The second kappa shape index (κ2) is 13.8. The van der Waals surface area contributed by atoms with Gasteiger partial charge in [-0.2, -0.15) is 27.1 Å². The zero-order chi connectivity index (χ0) is 34.1. The summed E-state index contributed by atoms with van der Waals surface area (Å²) < 4.78 is 61.6. The molecule has 0 radical (unpaired) electrons. The maximum absolute atomic E-state index is 14.0. The number of hydrogen-bond acceptors (Lipinski definition) is 7. The molecule has 4 atom stereocenters. The number of fused-ring (bicyclic) bond motifs is 1. The number of halogens is 7. The van der Waals surface area contributed by atoms with Gasteiger partial charge in [-0.25, -0.2) is 24.2 Å². The average molecular weight is 696 g/mol. The molecule has 0 bridgehead atoms. The molecule has 3 aromatic rings. The number of carboxylic acid groups (broad SMARTS) is 2. The second-order valence-electron chi connectivity index (χ2n) is 11.6. The SMILES string of the molecule is Cc1nn([C@H](C)c2ccc(Cl)cc2Cl)c2nc(N3CCC(N4CCC[C@H]4CC(F)(F)C(=O)O)C(C)C3)cnc12.O=C(O)C(F)(F)F. The number of piperidine rings is 1. The first-order chi connectivity index (χ1) is 21.4. The third-order valence-electron chi connectivity index (χ3n) is 8.42. The number of nitrogens with zero attached hydrogens (tertiary/aromatic N) is 6. The molecule has 5 rings (SSSR count). The molecule has 2 aliphatic rings. The summed E-state index contributed by atoms with van der Waals surface area (Å²) in [5.74, 6) is -7.61. The Morgan fingerprint density at radius 2 is 1.76 bits per heavy atom. The summed E-state index contributed by atoms with van der Waals surface area (Å²) in [5, 5.41) is 21.9. The van der Waals surface area contributed by atoms with Crippen molar-refractivity contribution in [2.24, 2.45) is 5.92 Å². The molecule has 2 aliphatic heterocycles. The van der Waals surface area contributed by atoms with Crippen molar-refractivity contribution in [3.05, 3.63) is 45.7 Å². The summed E-state index contributed by atoms with van der Waals surface area (Å²) in [4.78, 5) is 33.9. The molecule has 46 heavy (non-hydrogen) atoms. The molecule has 0 amide bonds. The van der Waals surface area contributed by atoms with Gasteiger partial charge in [0, 0.05) is 41.6 Å². The first kappa shape index (κ1) is 35.6. The fourth-order valence-electron chi connectivity index (χ4n) is 6.17. The van der Waals surface area contributed by atoms with E-state index < -0.39 is 36.5 Å². The summed E-state index contributed by atoms with van der Waals surface area (Å²) in [5.41, 5.74) is 3.03. The maximum atomic E-state index is 14.0. The normalized spacial score (nSPS) is 21.6. The summed E-state index contributed by atoms with van der Waals surface area (Å²) >= 11 is 12.6. The van der Waals surface area contributed by atoms with Crippen molar-refractivity contribution in [3.8, 4) is 0 Å². The van der Waals surface area contributed by atoms with Crippen LogP contribution in [0, 0.1) is 12.8 Å². The van der Waals surface area contributed by atoms with Crippen molar-refractivity contribution in [1.82, 2.24) is 24.6 Å². The molecular formula is C29H33Cl2F5N6O4. The molecule has 10 nitrogen and oxygen atoms in total. The molecule has 0 spiro atoms. The zero-order valence-electron chi connectivity index (χ0n) is 25.1. The van der Waals surface area contributed by atoms with Crippen molar-refractivity contribution in [3.63, 3.8) is 0 Å². The Hall–Kier alpha value is -3.30. The van der Waals surface area contributed by atoms with E-state index >= 15 is 0 Å². The second-order valence-corrected chi connectivity index (χ2v) is 12.4. The van der Waals surface area contributed by atoms with E-state index in [0.717, 1.165) is 35.4 Å². The van der Waals surface area contributed by atoms with Crippen LogP contribution in [-0.2, 0) is 9.59 Å². The van der Waals surface area contributed by atoms with E-state index in [1.807, 2.05) is 24.6 Å². The van der Waals surface area contributed by atoms with E-state index in [2.05, 4.69) is 21.7 Å². The fraction of sp³-hybridized carbons (Fsp3) is 0.552. The van der Waals surface area contributed by atoms with E-state index in [-0.39, 0.29) is 18.0 Å². The molecule has 2 saturated heterocycles. The van der Waals surface area contributed by atoms with Crippen LogP contribution in [0.3, 0.4) is 0 Å². The largest absolute Gasteiger partial charge is 0.490 e. The van der Waals surface area contributed by atoms with Gasteiger partial charge in [0.15, 0.2) is 5.65 Å². The lowest BCUT2D eigenvalue weighted by atomic mass is 9.91. The lowest BCUT2D eigenvalue weighted by molar-refractivity contribution is -0.192. The Bertz CT molecular complexity index is 1590. The van der Waals surface area contributed by atoms with Crippen LogP contribution < -0.4 is 4.90 Å². The van der Waals surface area contributed by atoms with E-state index in [4.69, 9.17) is 48.3 Å². The highest BCUT2D eigenvalue weighted by atomic mass is 35.5. The van der Waals surface area contributed by atoms with Gasteiger partial charge in [0.2, 0.25) is 0 Å². The van der Waals surface area contributed by atoms with Crippen molar-refractivity contribution in [2.45, 2.75) is 76.7 Å². The van der Waals surface area contributed by atoms with Crippen molar-refractivity contribution in [1.29, 1.82) is 0 Å². The number of aryl methyl sites for hydroxylation is 1. The van der Waals surface area contributed by atoms with Crippen LogP contribution in [0.25, 0.3) is 11.2 Å². The quantitative estimate of drug-likeness (QED) is 0.268. The van der Waals surface area contributed by atoms with Crippen LogP contribution in [-0.4, -0.2) is 90.6 Å². The number of aliphatic carboxylic acids is 2. The molecule has 0 aliphatic carbocycles. The number of likely N-dealkylation sites (tertiary alicyclic amines) is 1.